The van der Waals surface area contributed by atoms with Crippen molar-refractivity contribution in [2.45, 2.75) is 12.8 Å². The summed E-state index contributed by atoms with van der Waals surface area (Å²) in [5.41, 5.74) is 0. The van der Waals surface area contributed by atoms with Gasteiger partial charge < -0.3 is 0 Å². The van der Waals surface area contributed by atoms with Crippen molar-refractivity contribution in [1.29, 1.82) is 0 Å². The van der Waals surface area contributed by atoms with Crippen molar-refractivity contribution in [3.63, 3.8) is 0 Å². The SMILES string of the molecule is C=CCC(C=C)CC[O]. The molecule has 9 heavy (non-hydrogen) atoms. The zero-order valence-corrected chi connectivity index (χ0v) is 5.68. The van der Waals surface area contributed by atoms with Gasteiger partial charge >= 0.3 is 0 Å². The minimum absolute atomic E-state index is 0.00940. The van der Waals surface area contributed by atoms with Gasteiger partial charge in [-0.3, -0.25) is 0 Å². The average molecular weight is 125 g/mol. The number of allylic oxidation sites excluding steroid dienone is 2. The van der Waals surface area contributed by atoms with Crippen LogP contribution in [0.2, 0.25) is 0 Å². The maximum absolute atomic E-state index is 10.1. The van der Waals surface area contributed by atoms with Crippen molar-refractivity contribution < 1.29 is 5.11 Å². The van der Waals surface area contributed by atoms with Gasteiger partial charge in [-0.25, -0.2) is 5.11 Å². The molecule has 0 aromatic heterocycles. The van der Waals surface area contributed by atoms with Gasteiger partial charge in [0, 0.05) is 0 Å². The molecule has 1 radical (unpaired) electrons. The van der Waals surface area contributed by atoms with Gasteiger partial charge in [0.05, 0.1) is 6.61 Å². The summed E-state index contributed by atoms with van der Waals surface area (Å²) in [7, 11) is 0. The Morgan fingerprint density at radius 3 is 2.44 bits per heavy atom. The van der Waals surface area contributed by atoms with Crippen molar-refractivity contribution in [1.82, 2.24) is 0 Å². The van der Waals surface area contributed by atoms with Crippen LogP contribution in [0.1, 0.15) is 12.8 Å². The largest absolute Gasteiger partial charge is 0.237 e. The van der Waals surface area contributed by atoms with E-state index in [0.29, 0.717) is 12.3 Å². The Bertz CT molecular complexity index is 86.6. The van der Waals surface area contributed by atoms with Crippen LogP contribution >= 0.6 is 0 Å². The summed E-state index contributed by atoms with van der Waals surface area (Å²) in [6.07, 6.45) is 5.21. The first-order valence-corrected chi connectivity index (χ1v) is 3.16. The molecule has 0 fully saturated rings. The molecule has 0 bridgehead atoms. The molecule has 1 nitrogen and oxygen atoms in total. The number of hydrogen-bond acceptors (Lipinski definition) is 0. The zero-order valence-electron chi connectivity index (χ0n) is 5.68. The third-order valence-electron chi connectivity index (χ3n) is 1.29. The highest BCUT2D eigenvalue weighted by molar-refractivity contribution is 4.84. The summed E-state index contributed by atoms with van der Waals surface area (Å²) in [6, 6.07) is 0. The van der Waals surface area contributed by atoms with E-state index in [2.05, 4.69) is 13.2 Å². The Morgan fingerprint density at radius 1 is 1.44 bits per heavy atom. The van der Waals surface area contributed by atoms with E-state index < -0.39 is 0 Å². The number of rotatable bonds is 5. The van der Waals surface area contributed by atoms with Gasteiger partial charge in [0.15, 0.2) is 0 Å². The fourth-order valence-corrected chi connectivity index (χ4v) is 0.697. The predicted molar refractivity (Wildman–Crippen MR) is 38.7 cm³/mol. The van der Waals surface area contributed by atoms with Crippen LogP contribution in [0, 0.1) is 5.92 Å². The molecule has 0 saturated heterocycles. The summed E-state index contributed by atoms with van der Waals surface area (Å²) in [5, 5.41) is 10.1. The molecule has 0 aromatic rings. The van der Waals surface area contributed by atoms with E-state index in [-0.39, 0.29) is 6.61 Å². The maximum Gasteiger partial charge on any atom is 0.0828 e. The molecule has 0 amide bonds. The highest BCUT2D eigenvalue weighted by Gasteiger charge is 1.98. The van der Waals surface area contributed by atoms with Gasteiger partial charge in [0.25, 0.3) is 0 Å². The summed E-state index contributed by atoms with van der Waals surface area (Å²) >= 11 is 0. The predicted octanol–water partition coefficient (Wildman–Crippen LogP) is 2.19. The van der Waals surface area contributed by atoms with E-state index in [1.807, 2.05) is 12.2 Å². The topological polar surface area (TPSA) is 19.9 Å². The average Bonchev–Trinajstić information content (AvgIpc) is 1.88. The monoisotopic (exact) mass is 125 g/mol. The molecule has 0 rings (SSSR count). The third-order valence-corrected chi connectivity index (χ3v) is 1.29. The Balaban J connectivity index is 3.40. The minimum atomic E-state index is -0.00940. The molecule has 0 heterocycles. The van der Waals surface area contributed by atoms with Gasteiger partial charge in [0.1, 0.15) is 0 Å². The van der Waals surface area contributed by atoms with Crippen LogP contribution in [0.25, 0.3) is 0 Å². The molecule has 0 aliphatic rings. The Labute approximate surface area is 56.7 Å². The first-order valence-electron chi connectivity index (χ1n) is 3.16. The molecule has 1 unspecified atom stereocenters. The van der Waals surface area contributed by atoms with E-state index >= 15 is 0 Å². The van der Waals surface area contributed by atoms with Crippen LogP contribution in [-0.2, 0) is 5.11 Å². The summed E-state index contributed by atoms with van der Waals surface area (Å²) in [4.78, 5) is 0. The summed E-state index contributed by atoms with van der Waals surface area (Å²) < 4.78 is 0. The van der Waals surface area contributed by atoms with Crippen molar-refractivity contribution >= 4 is 0 Å². The normalized spacial score (nSPS) is 12.6. The molecule has 0 aromatic carbocycles. The van der Waals surface area contributed by atoms with E-state index in [0.717, 1.165) is 6.42 Å². The lowest BCUT2D eigenvalue weighted by Gasteiger charge is -2.04. The fourth-order valence-electron chi connectivity index (χ4n) is 0.697. The third kappa shape index (κ3) is 3.98. The second-order valence-electron chi connectivity index (χ2n) is 2.01. The molecule has 1 atom stereocenters. The highest BCUT2D eigenvalue weighted by atomic mass is 16.2. The molecule has 0 N–H and O–H groups in total. The first-order chi connectivity index (χ1) is 4.35. The van der Waals surface area contributed by atoms with Crippen molar-refractivity contribution in [3.05, 3.63) is 25.3 Å². The molecule has 0 aliphatic heterocycles. The van der Waals surface area contributed by atoms with Gasteiger partial charge in [-0.1, -0.05) is 12.2 Å². The molecular formula is C8H13O. The smallest absolute Gasteiger partial charge is 0.0828 e. The molecule has 0 aliphatic carbocycles. The van der Waals surface area contributed by atoms with Crippen LogP contribution in [0.4, 0.5) is 0 Å². The quantitative estimate of drug-likeness (QED) is 0.502. The maximum atomic E-state index is 10.1. The molecule has 0 spiro atoms. The summed E-state index contributed by atoms with van der Waals surface area (Å²) in [5.74, 6) is 0.347. The van der Waals surface area contributed by atoms with Crippen molar-refractivity contribution in [2.75, 3.05) is 6.61 Å². The van der Waals surface area contributed by atoms with Gasteiger partial charge in [-0.15, -0.1) is 13.2 Å². The zero-order chi connectivity index (χ0) is 7.11. The lowest BCUT2D eigenvalue weighted by molar-refractivity contribution is 0.178. The summed E-state index contributed by atoms with van der Waals surface area (Å²) in [6.45, 7) is 7.18. The van der Waals surface area contributed by atoms with Crippen LogP contribution in [-0.4, -0.2) is 6.61 Å². The standard InChI is InChI=1S/C8H13O/c1-3-5-8(4-2)6-7-9/h3-4,8H,1-2,5-7H2. The van der Waals surface area contributed by atoms with Crippen molar-refractivity contribution in [2.24, 2.45) is 5.92 Å². The van der Waals surface area contributed by atoms with Gasteiger partial charge in [0.2, 0.25) is 0 Å². The van der Waals surface area contributed by atoms with Crippen LogP contribution < -0.4 is 0 Å². The van der Waals surface area contributed by atoms with Crippen molar-refractivity contribution in [3.8, 4) is 0 Å². The van der Waals surface area contributed by atoms with Crippen LogP contribution in [0.5, 0.6) is 0 Å². The second-order valence-corrected chi connectivity index (χ2v) is 2.01. The van der Waals surface area contributed by atoms with Gasteiger partial charge in [-0.05, 0) is 18.8 Å². The molecule has 1 heteroatoms. The van der Waals surface area contributed by atoms with E-state index in [1.165, 1.54) is 0 Å². The minimum Gasteiger partial charge on any atom is -0.237 e. The lowest BCUT2D eigenvalue weighted by atomic mass is 10.0. The van der Waals surface area contributed by atoms with Gasteiger partial charge in [-0.2, -0.15) is 0 Å². The molecule has 0 saturated carbocycles. The van der Waals surface area contributed by atoms with E-state index in [4.69, 9.17) is 0 Å². The Kier molecular flexibility index (Phi) is 5.23. The lowest BCUT2D eigenvalue weighted by Crippen LogP contribution is -1.96. The highest BCUT2D eigenvalue weighted by Crippen LogP contribution is 2.08. The first kappa shape index (κ1) is 8.44. The second kappa shape index (κ2) is 5.57. The molecular weight excluding hydrogens is 112 g/mol. The van der Waals surface area contributed by atoms with E-state index in [9.17, 15) is 5.11 Å². The number of hydrogen-bond donors (Lipinski definition) is 0. The Morgan fingerprint density at radius 2 is 2.11 bits per heavy atom. The van der Waals surface area contributed by atoms with E-state index in [1.54, 1.807) is 0 Å². The van der Waals surface area contributed by atoms with Crippen LogP contribution in [0.15, 0.2) is 25.3 Å². The van der Waals surface area contributed by atoms with Crippen LogP contribution in [0.3, 0.4) is 0 Å². The Hall–Kier alpha value is -0.560. The molecule has 51 valence electrons. The fraction of sp³-hybridized carbons (Fsp3) is 0.500.